The predicted octanol–water partition coefficient (Wildman–Crippen LogP) is 4.27. The van der Waals surface area contributed by atoms with E-state index in [1.165, 1.54) is 6.07 Å². The summed E-state index contributed by atoms with van der Waals surface area (Å²) in [6.07, 6.45) is 2.95. The molecule has 3 atom stereocenters. The van der Waals surface area contributed by atoms with Crippen molar-refractivity contribution >= 4 is 11.7 Å². The van der Waals surface area contributed by atoms with Crippen LogP contribution in [-0.2, 0) is 0 Å². The number of benzene rings is 2. The standard InChI is InChI=1S/C23H27F2N3O2/c24-21-9-8-19(13-22(21)25)27-23(29)26-18-7-6-16-14-28(15-17(16)12-18)10-11-30-20-4-2-1-3-5-20/h1-5,8-9,13,16-18H,6-7,10-12,14-15H2,(H2,26,27,29). The maximum atomic E-state index is 13.3. The first-order valence-electron chi connectivity index (χ1n) is 10.5. The first-order valence-corrected chi connectivity index (χ1v) is 10.5. The Bertz CT molecular complexity index is 865. The molecule has 2 fully saturated rings. The number of hydrogen-bond donors (Lipinski definition) is 2. The highest BCUT2D eigenvalue weighted by Gasteiger charge is 2.37. The van der Waals surface area contributed by atoms with Crippen molar-refractivity contribution in [2.24, 2.45) is 11.8 Å². The highest BCUT2D eigenvalue weighted by atomic mass is 19.2. The number of likely N-dealkylation sites (tertiary alicyclic amines) is 1. The lowest BCUT2D eigenvalue weighted by atomic mass is 9.79. The number of amides is 2. The molecule has 1 saturated heterocycles. The van der Waals surface area contributed by atoms with E-state index in [4.69, 9.17) is 4.74 Å². The van der Waals surface area contributed by atoms with Crippen LogP contribution >= 0.6 is 0 Å². The normalized spacial score (nSPS) is 23.6. The number of para-hydroxylation sites is 1. The van der Waals surface area contributed by atoms with Gasteiger partial charge in [0, 0.05) is 37.4 Å². The van der Waals surface area contributed by atoms with Gasteiger partial charge in [-0.15, -0.1) is 0 Å². The van der Waals surface area contributed by atoms with Crippen LogP contribution in [0.1, 0.15) is 19.3 Å². The fourth-order valence-corrected chi connectivity index (χ4v) is 4.58. The summed E-state index contributed by atoms with van der Waals surface area (Å²) < 4.78 is 32.1. The van der Waals surface area contributed by atoms with Crippen molar-refractivity contribution in [1.29, 1.82) is 0 Å². The third-order valence-electron chi connectivity index (χ3n) is 6.06. The summed E-state index contributed by atoms with van der Waals surface area (Å²) in [5.41, 5.74) is 0.241. The number of hydrogen-bond acceptors (Lipinski definition) is 3. The van der Waals surface area contributed by atoms with E-state index in [0.717, 1.165) is 56.8 Å². The molecular weight excluding hydrogens is 388 g/mol. The Labute approximate surface area is 175 Å². The summed E-state index contributed by atoms with van der Waals surface area (Å²) in [6.45, 7) is 3.67. The van der Waals surface area contributed by atoms with Crippen LogP contribution in [0.15, 0.2) is 48.5 Å². The van der Waals surface area contributed by atoms with Gasteiger partial charge in [0.25, 0.3) is 0 Å². The summed E-state index contributed by atoms with van der Waals surface area (Å²) in [5, 5.41) is 5.57. The van der Waals surface area contributed by atoms with Crippen molar-refractivity contribution in [2.45, 2.75) is 25.3 Å². The van der Waals surface area contributed by atoms with Gasteiger partial charge in [0.05, 0.1) is 0 Å². The molecule has 1 heterocycles. The number of anilines is 1. The molecule has 160 valence electrons. The Morgan fingerprint density at radius 3 is 2.63 bits per heavy atom. The van der Waals surface area contributed by atoms with E-state index in [9.17, 15) is 13.6 Å². The monoisotopic (exact) mass is 415 g/mol. The van der Waals surface area contributed by atoms with E-state index in [2.05, 4.69) is 15.5 Å². The number of urea groups is 1. The second-order valence-corrected chi connectivity index (χ2v) is 8.18. The van der Waals surface area contributed by atoms with Crippen LogP contribution in [0.3, 0.4) is 0 Å². The topological polar surface area (TPSA) is 53.6 Å². The van der Waals surface area contributed by atoms with Gasteiger partial charge in [-0.3, -0.25) is 4.90 Å². The molecule has 2 aliphatic rings. The molecule has 0 aromatic heterocycles. The summed E-state index contributed by atoms with van der Waals surface area (Å²) in [7, 11) is 0. The number of fused-ring (bicyclic) bond motifs is 1. The van der Waals surface area contributed by atoms with Gasteiger partial charge in [0.1, 0.15) is 12.4 Å². The molecule has 3 unspecified atom stereocenters. The molecular formula is C23H27F2N3O2. The van der Waals surface area contributed by atoms with Crippen LogP contribution in [0.25, 0.3) is 0 Å². The van der Waals surface area contributed by atoms with E-state index in [0.29, 0.717) is 18.4 Å². The number of nitrogens with zero attached hydrogens (tertiary/aromatic N) is 1. The van der Waals surface area contributed by atoms with Crippen molar-refractivity contribution in [3.05, 3.63) is 60.2 Å². The number of carbonyl (C=O) groups excluding carboxylic acids is 1. The SMILES string of the molecule is O=C(Nc1ccc(F)c(F)c1)NC1CCC2CN(CCOc3ccccc3)CC2C1. The minimum absolute atomic E-state index is 0.0945. The van der Waals surface area contributed by atoms with Crippen LogP contribution in [0.5, 0.6) is 5.75 Å². The maximum Gasteiger partial charge on any atom is 0.319 e. The Morgan fingerprint density at radius 1 is 1.03 bits per heavy atom. The van der Waals surface area contributed by atoms with Crippen LogP contribution in [0, 0.1) is 23.5 Å². The fraction of sp³-hybridized carbons (Fsp3) is 0.435. The third-order valence-corrected chi connectivity index (χ3v) is 6.06. The highest BCUT2D eigenvalue weighted by molar-refractivity contribution is 5.89. The Balaban J connectivity index is 1.20. The van der Waals surface area contributed by atoms with E-state index >= 15 is 0 Å². The lowest BCUT2D eigenvalue weighted by Gasteiger charge is -2.31. The van der Waals surface area contributed by atoms with Gasteiger partial charge in [-0.2, -0.15) is 0 Å². The third kappa shape index (κ3) is 5.27. The molecule has 1 aliphatic carbocycles. The number of rotatable bonds is 6. The van der Waals surface area contributed by atoms with Crippen molar-refractivity contribution in [3.8, 4) is 5.75 Å². The molecule has 1 aliphatic heterocycles. The lowest BCUT2D eigenvalue weighted by molar-refractivity contribution is 0.223. The van der Waals surface area contributed by atoms with Crippen LogP contribution in [0.4, 0.5) is 19.3 Å². The number of halogens is 2. The first kappa shape index (κ1) is 20.6. The zero-order chi connectivity index (χ0) is 20.9. The lowest BCUT2D eigenvalue weighted by Crippen LogP contribution is -2.42. The van der Waals surface area contributed by atoms with Crippen LogP contribution < -0.4 is 15.4 Å². The molecule has 0 bridgehead atoms. The van der Waals surface area contributed by atoms with Crippen LogP contribution in [-0.4, -0.2) is 43.2 Å². The van der Waals surface area contributed by atoms with Crippen molar-refractivity contribution in [1.82, 2.24) is 10.2 Å². The van der Waals surface area contributed by atoms with E-state index in [-0.39, 0.29) is 17.8 Å². The molecule has 0 spiro atoms. The molecule has 5 nitrogen and oxygen atoms in total. The van der Waals surface area contributed by atoms with E-state index in [1.807, 2.05) is 30.3 Å². The average molecular weight is 415 g/mol. The molecule has 2 aromatic rings. The van der Waals surface area contributed by atoms with Gasteiger partial charge in [-0.05, 0) is 55.4 Å². The van der Waals surface area contributed by atoms with Gasteiger partial charge in [0.2, 0.25) is 0 Å². The maximum absolute atomic E-state index is 13.3. The molecule has 2 aromatic carbocycles. The van der Waals surface area contributed by atoms with E-state index in [1.54, 1.807) is 0 Å². The fourth-order valence-electron chi connectivity index (χ4n) is 4.58. The summed E-state index contributed by atoms with van der Waals surface area (Å²) in [6, 6.07) is 12.9. The summed E-state index contributed by atoms with van der Waals surface area (Å²) in [5.74, 6) is 0.207. The number of nitrogens with one attached hydrogen (secondary N) is 2. The summed E-state index contributed by atoms with van der Waals surface area (Å²) >= 11 is 0. The minimum atomic E-state index is -0.976. The van der Waals surface area contributed by atoms with Gasteiger partial charge < -0.3 is 15.4 Å². The number of ether oxygens (including phenoxy) is 1. The Morgan fingerprint density at radius 2 is 1.83 bits per heavy atom. The largest absolute Gasteiger partial charge is 0.492 e. The van der Waals surface area contributed by atoms with Crippen LogP contribution in [0.2, 0.25) is 0 Å². The minimum Gasteiger partial charge on any atom is -0.492 e. The predicted molar refractivity (Wildman–Crippen MR) is 112 cm³/mol. The van der Waals surface area contributed by atoms with E-state index < -0.39 is 11.6 Å². The molecule has 30 heavy (non-hydrogen) atoms. The zero-order valence-electron chi connectivity index (χ0n) is 16.8. The van der Waals surface area contributed by atoms with Gasteiger partial charge in [-0.1, -0.05) is 18.2 Å². The quantitative estimate of drug-likeness (QED) is 0.741. The van der Waals surface area contributed by atoms with Gasteiger partial charge in [0.15, 0.2) is 11.6 Å². The van der Waals surface area contributed by atoms with Crippen molar-refractivity contribution < 1.29 is 18.3 Å². The molecule has 4 rings (SSSR count). The Hall–Kier alpha value is -2.67. The highest BCUT2D eigenvalue weighted by Crippen LogP contribution is 2.36. The molecule has 2 amide bonds. The number of carbonyl (C=O) groups is 1. The first-order chi connectivity index (χ1) is 14.6. The second-order valence-electron chi connectivity index (χ2n) is 8.18. The molecule has 0 radical (unpaired) electrons. The average Bonchev–Trinajstić information content (AvgIpc) is 3.13. The Kier molecular flexibility index (Phi) is 6.47. The van der Waals surface area contributed by atoms with Gasteiger partial charge in [-0.25, -0.2) is 13.6 Å². The summed E-state index contributed by atoms with van der Waals surface area (Å²) in [4.78, 5) is 14.7. The van der Waals surface area contributed by atoms with Gasteiger partial charge >= 0.3 is 6.03 Å². The zero-order valence-corrected chi connectivity index (χ0v) is 16.8. The smallest absolute Gasteiger partial charge is 0.319 e. The molecule has 1 saturated carbocycles. The van der Waals surface area contributed by atoms with Crippen molar-refractivity contribution in [2.75, 3.05) is 31.6 Å². The second kappa shape index (κ2) is 9.43. The molecule has 7 heteroatoms. The van der Waals surface area contributed by atoms with Crippen molar-refractivity contribution in [3.63, 3.8) is 0 Å². The molecule has 2 N–H and O–H groups in total.